The van der Waals surface area contributed by atoms with Gasteiger partial charge in [-0.1, -0.05) is 18.2 Å². The quantitative estimate of drug-likeness (QED) is 0.388. The number of rotatable bonds is 1. The lowest BCUT2D eigenvalue weighted by Crippen LogP contribution is -2.40. The molecule has 0 spiro atoms. The average Bonchev–Trinajstić information content (AvgIpc) is 3.21. The van der Waals surface area contributed by atoms with Crippen molar-refractivity contribution in [2.75, 3.05) is 4.90 Å². The van der Waals surface area contributed by atoms with E-state index >= 15 is 0 Å². The third-order valence-electron chi connectivity index (χ3n) is 5.81. The van der Waals surface area contributed by atoms with Crippen LogP contribution in [0.1, 0.15) is 32.1 Å². The zero-order valence-corrected chi connectivity index (χ0v) is 16.2. The van der Waals surface area contributed by atoms with Crippen LogP contribution in [0.3, 0.4) is 0 Å². The lowest BCUT2D eigenvalue weighted by Gasteiger charge is -2.27. The van der Waals surface area contributed by atoms with Crippen molar-refractivity contribution in [2.45, 2.75) is 0 Å². The molecule has 3 heterocycles. The monoisotopic (exact) mass is 415 g/mol. The number of hydrogen-bond donors (Lipinski definition) is 0. The van der Waals surface area contributed by atoms with E-state index in [1.165, 1.54) is 12.1 Å². The highest BCUT2D eigenvalue weighted by Crippen LogP contribution is 2.38. The number of nitriles is 2. The highest BCUT2D eigenvalue weighted by molar-refractivity contribution is 6.38. The smallest absolute Gasteiger partial charge is 0.265 e. The highest BCUT2D eigenvalue weighted by Gasteiger charge is 2.35. The maximum Gasteiger partial charge on any atom is 0.265 e. The molecule has 0 fully saturated rings. The van der Waals surface area contributed by atoms with Crippen molar-refractivity contribution in [1.29, 1.82) is 10.5 Å². The van der Waals surface area contributed by atoms with Crippen LogP contribution in [0.15, 0.2) is 59.4 Å². The van der Waals surface area contributed by atoms with E-state index < -0.39 is 17.4 Å². The molecule has 8 heteroatoms. The Hall–Kier alpha value is -5.08. The number of fused-ring (bicyclic) bond motifs is 2. The van der Waals surface area contributed by atoms with Crippen LogP contribution >= 0.6 is 0 Å². The summed E-state index contributed by atoms with van der Waals surface area (Å²) in [5, 5.41) is 20.4. The van der Waals surface area contributed by atoms with Crippen LogP contribution in [0.5, 0.6) is 0 Å². The van der Waals surface area contributed by atoms with Crippen molar-refractivity contribution in [3.8, 4) is 12.1 Å². The van der Waals surface area contributed by atoms with E-state index in [9.17, 15) is 24.9 Å². The van der Waals surface area contributed by atoms with Gasteiger partial charge < -0.3 is 0 Å². The van der Waals surface area contributed by atoms with E-state index in [0.29, 0.717) is 21.8 Å². The second-order valence-electron chi connectivity index (χ2n) is 7.35. The first-order valence-corrected chi connectivity index (χ1v) is 9.58. The summed E-state index contributed by atoms with van der Waals surface area (Å²) in [7, 11) is 0. The summed E-state index contributed by atoms with van der Waals surface area (Å²) in [4.78, 5) is 45.2. The summed E-state index contributed by atoms with van der Waals surface area (Å²) in [6, 6.07) is 18.6. The third kappa shape index (κ3) is 1.98. The van der Waals surface area contributed by atoms with E-state index in [2.05, 4.69) is 4.98 Å². The third-order valence-corrected chi connectivity index (χ3v) is 5.81. The molecule has 1 aliphatic heterocycles. The lowest BCUT2D eigenvalue weighted by molar-refractivity contribution is 0.0893. The second kappa shape index (κ2) is 5.97. The fraction of sp³-hybridized carbons (Fsp3) is 0. The van der Waals surface area contributed by atoms with Crippen molar-refractivity contribution in [3.05, 3.63) is 87.5 Å². The van der Waals surface area contributed by atoms with Crippen LogP contribution in [0, 0.1) is 22.7 Å². The number of hydrogen-bond acceptors (Lipinski definition) is 6. The molecular weight excluding hydrogens is 406 g/mol. The summed E-state index contributed by atoms with van der Waals surface area (Å²) < 4.78 is 1.11. The standard InChI is InChI=1S/C24H9N5O3/c25-10-17-18(11-26)29-21(27-17)13-6-7-15-20-16(9-8-14(19(13)20)24(29)32)23(31)28(22(15)30)12-4-2-1-3-5-12/h1-9H. The molecule has 0 bridgehead atoms. The van der Waals surface area contributed by atoms with Crippen LogP contribution in [0.4, 0.5) is 5.69 Å². The van der Waals surface area contributed by atoms with E-state index in [1.807, 2.05) is 12.1 Å². The second-order valence-corrected chi connectivity index (χ2v) is 7.35. The summed E-state index contributed by atoms with van der Waals surface area (Å²) in [6.45, 7) is 0. The summed E-state index contributed by atoms with van der Waals surface area (Å²) in [6.07, 6.45) is 0. The fourth-order valence-corrected chi connectivity index (χ4v) is 4.46. The Kier molecular flexibility index (Phi) is 3.31. The van der Waals surface area contributed by atoms with Crippen molar-refractivity contribution >= 4 is 44.7 Å². The minimum Gasteiger partial charge on any atom is -0.268 e. The summed E-state index contributed by atoms with van der Waals surface area (Å²) in [5.41, 5.74) is 0.336. The number of pyridine rings is 1. The van der Waals surface area contributed by atoms with E-state index in [0.717, 1.165) is 9.30 Å². The van der Waals surface area contributed by atoms with Gasteiger partial charge in [-0.25, -0.2) is 14.3 Å². The Balaban J connectivity index is 1.78. The Bertz CT molecular complexity index is 1780. The van der Waals surface area contributed by atoms with Crippen LogP contribution in [0.25, 0.3) is 27.2 Å². The number of imide groups is 1. The minimum absolute atomic E-state index is 0.143. The highest BCUT2D eigenvalue weighted by atomic mass is 16.2. The van der Waals surface area contributed by atoms with Crippen LogP contribution in [-0.2, 0) is 0 Å². The average molecular weight is 415 g/mol. The molecule has 0 N–H and O–H groups in total. The van der Waals surface area contributed by atoms with Gasteiger partial charge in [0.25, 0.3) is 17.4 Å². The van der Waals surface area contributed by atoms with Crippen molar-refractivity contribution in [2.24, 2.45) is 0 Å². The van der Waals surface area contributed by atoms with Gasteiger partial charge in [0.1, 0.15) is 17.8 Å². The van der Waals surface area contributed by atoms with Crippen molar-refractivity contribution < 1.29 is 9.59 Å². The van der Waals surface area contributed by atoms with E-state index in [1.54, 1.807) is 42.5 Å². The number of anilines is 1. The molecule has 1 aliphatic rings. The SMILES string of the molecule is N#Cc1nc2c3ccc4c5c(ccc(c(=O)n2c1C#N)c53)C(=O)N(c1ccccc1)C4=O. The molecule has 3 aromatic carbocycles. The number of carbonyl (C=O) groups is 2. The molecule has 32 heavy (non-hydrogen) atoms. The molecule has 8 nitrogen and oxygen atoms in total. The first kappa shape index (κ1) is 17.8. The molecule has 2 aromatic heterocycles. The van der Waals surface area contributed by atoms with Gasteiger partial charge in [0.05, 0.1) is 5.69 Å². The Morgan fingerprint density at radius 3 is 2.03 bits per heavy atom. The molecule has 6 rings (SSSR count). The van der Waals surface area contributed by atoms with Crippen LogP contribution < -0.4 is 10.5 Å². The van der Waals surface area contributed by atoms with Gasteiger partial charge in [-0.05, 0) is 36.4 Å². The molecule has 5 aromatic rings. The molecule has 148 valence electrons. The largest absolute Gasteiger partial charge is 0.268 e. The molecule has 0 unspecified atom stereocenters. The Morgan fingerprint density at radius 1 is 0.750 bits per heavy atom. The van der Waals surface area contributed by atoms with Gasteiger partial charge >= 0.3 is 0 Å². The zero-order valence-electron chi connectivity index (χ0n) is 16.2. The normalized spacial score (nSPS) is 13.1. The fourth-order valence-electron chi connectivity index (χ4n) is 4.46. The van der Waals surface area contributed by atoms with Crippen molar-refractivity contribution in [1.82, 2.24) is 9.38 Å². The van der Waals surface area contributed by atoms with Gasteiger partial charge in [0.15, 0.2) is 11.4 Å². The van der Waals surface area contributed by atoms with Gasteiger partial charge in [0.2, 0.25) is 0 Å². The van der Waals surface area contributed by atoms with Crippen LogP contribution in [-0.4, -0.2) is 21.2 Å². The molecule has 0 saturated carbocycles. The van der Waals surface area contributed by atoms with Crippen LogP contribution in [0.2, 0.25) is 0 Å². The zero-order chi connectivity index (χ0) is 22.1. The Labute approximate surface area is 179 Å². The number of imidazole rings is 1. The van der Waals surface area contributed by atoms with Gasteiger partial charge in [-0.15, -0.1) is 0 Å². The summed E-state index contributed by atoms with van der Waals surface area (Å²) >= 11 is 0. The van der Waals surface area contributed by atoms with E-state index in [-0.39, 0.29) is 33.5 Å². The molecule has 0 saturated heterocycles. The number of nitrogens with zero attached hydrogens (tertiary/aromatic N) is 5. The van der Waals surface area contributed by atoms with Gasteiger partial charge in [-0.3, -0.25) is 14.4 Å². The number of aromatic nitrogens is 2. The predicted molar refractivity (Wildman–Crippen MR) is 115 cm³/mol. The van der Waals surface area contributed by atoms with Gasteiger partial charge in [-0.2, -0.15) is 10.5 Å². The minimum atomic E-state index is -0.535. The topological polar surface area (TPSA) is 119 Å². The molecule has 2 amide bonds. The number of amides is 2. The predicted octanol–water partition coefficient (Wildman–Crippen LogP) is 2.98. The Morgan fingerprint density at radius 2 is 1.41 bits per heavy atom. The maximum atomic E-state index is 13.3. The van der Waals surface area contributed by atoms with Gasteiger partial charge in [0, 0.05) is 32.7 Å². The molecule has 0 atom stereocenters. The van der Waals surface area contributed by atoms with Crippen molar-refractivity contribution in [3.63, 3.8) is 0 Å². The lowest BCUT2D eigenvalue weighted by atomic mass is 9.90. The molecular formula is C24H9N5O3. The number of carbonyl (C=O) groups excluding carboxylic acids is 2. The first-order chi connectivity index (χ1) is 15.6. The van der Waals surface area contributed by atoms with E-state index in [4.69, 9.17) is 0 Å². The summed E-state index contributed by atoms with van der Waals surface area (Å²) in [5.74, 6) is -0.983. The molecule has 0 radical (unpaired) electrons. The maximum absolute atomic E-state index is 13.3. The first-order valence-electron chi connectivity index (χ1n) is 9.58. The molecule has 0 aliphatic carbocycles. The number of benzene rings is 3. The number of para-hydroxylation sites is 1.